The van der Waals surface area contributed by atoms with Gasteiger partial charge in [0.15, 0.2) is 6.10 Å². The molecule has 1 saturated carbocycles. The second-order valence-corrected chi connectivity index (χ2v) is 18.3. The molecule has 0 heterocycles. The highest BCUT2D eigenvalue weighted by Gasteiger charge is 2.51. The zero-order valence-corrected chi connectivity index (χ0v) is 40.7. The fourth-order valence-electron chi connectivity index (χ4n) is 7.08. The lowest BCUT2D eigenvalue weighted by Gasteiger charge is -2.41. The molecule has 0 amide bonds. The van der Waals surface area contributed by atoms with Crippen LogP contribution in [0.25, 0.3) is 0 Å². The summed E-state index contributed by atoms with van der Waals surface area (Å²) in [6, 6.07) is 0. The van der Waals surface area contributed by atoms with E-state index in [-0.39, 0.29) is 12.8 Å². The number of aliphatic hydroxyl groups excluding tert-OH is 5. The largest absolute Gasteiger partial charge is 0.472 e. The monoisotopic (exact) mass is 939 g/mol. The minimum Gasteiger partial charge on any atom is -0.462 e. The van der Waals surface area contributed by atoms with E-state index in [2.05, 4.69) is 74.6 Å². The predicted molar refractivity (Wildman–Crippen MR) is 258 cm³/mol. The second-order valence-electron chi connectivity index (χ2n) is 16.9. The van der Waals surface area contributed by atoms with Crippen molar-refractivity contribution in [2.24, 2.45) is 0 Å². The summed E-state index contributed by atoms with van der Waals surface area (Å²) in [4.78, 5) is 35.8. The molecule has 6 N–H and O–H groups in total. The van der Waals surface area contributed by atoms with Gasteiger partial charge in [-0.2, -0.15) is 0 Å². The maximum Gasteiger partial charge on any atom is 0.472 e. The first-order valence-electron chi connectivity index (χ1n) is 24.7. The van der Waals surface area contributed by atoms with E-state index in [1.165, 1.54) is 70.6 Å². The van der Waals surface area contributed by atoms with E-state index >= 15 is 0 Å². The zero-order valence-electron chi connectivity index (χ0n) is 39.8. The number of rotatable bonds is 40. The Bertz CT molecular complexity index is 1410. The number of ether oxygens (including phenoxy) is 2. The van der Waals surface area contributed by atoms with Crippen LogP contribution in [0.2, 0.25) is 0 Å². The van der Waals surface area contributed by atoms with Gasteiger partial charge in [-0.05, 0) is 77.0 Å². The van der Waals surface area contributed by atoms with Gasteiger partial charge in [0.2, 0.25) is 0 Å². The van der Waals surface area contributed by atoms with Crippen molar-refractivity contribution in [3.05, 3.63) is 72.9 Å². The van der Waals surface area contributed by atoms with Crippen molar-refractivity contribution >= 4 is 19.8 Å². The van der Waals surface area contributed by atoms with Gasteiger partial charge in [-0.3, -0.25) is 18.6 Å². The number of hydrogen-bond donors (Lipinski definition) is 6. The zero-order chi connectivity index (χ0) is 47.8. The van der Waals surface area contributed by atoms with Crippen LogP contribution in [-0.4, -0.2) is 98.3 Å². The van der Waals surface area contributed by atoms with Crippen LogP contribution in [0, 0.1) is 0 Å². The molecule has 65 heavy (non-hydrogen) atoms. The summed E-state index contributed by atoms with van der Waals surface area (Å²) in [6.45, 7) is 3.14. The summed E-state index contributed by atoms with van der Waals surface area (Å²) < 4.78 is 33.5. The summed E-state index contributed by atoms with van der Waals surface area (Å²) in [7, 11) is -5.14. The van der Waals surface area contributed by atoms with Crippen molar-refractivity contribution < 1.29 is 63.1 Å². The Balaban J connectivity index is 2.46. The van der Waals surface area contributed by atoms with Gasteiger partial charge >= 0.3 is 19.8 Å². The molecule has 6 atom stereocenters. The van der Waals surface area contributed by atoms with E-state index in [9.17, 15) is 44.6 Å². The lowest BCUT2D eigenvalue weighted by atomic mass is 9.85. The van der Waals surface area contributed by atoms with Crippen molar-refractivity contribution in [3.8, 4) is 0 Å². The van der Waals surface area contributed by atoms with Gasteiger partial charge in [0, 0.05) is 12.8 Å². The van der Waals surface area contributed by atoms with Crippen LogP contribution < -0.4 is 0 Å². The maximum atomic E-state index is 12.8. The summed E-state index contributed by atoms with van der Waals surface area (Å²) in [5.41, 5.74) is 0. The molecular weight excluding hydrogens is 852 g/mol. The van der Waals surface area contributed by atoms with Crippen LogP contribution >= 0.6 is 7.82 Å². The molecule has 374 valence electrons. The van der Waals surface area contributed by atoms with Gasteiger partial charge in [0.05, 0.1) is 6.61 Å². The molecule has 0 aromatic carbocycles. The average Bonchev–Trinajstić information content (AvgIpc) is 3.29. The van der Waals surface area contributed by atoms with Gasteiger partial charge in [0.25, 0.3) is 0 Å². The first-order valence-corrected chi connectivity index (χ1v) is 26.2. The molecule has 1 rings (SSSR count). The first kappa shape index (κ1) is 60.3. The number of phosphoric acid groups is 1. The Morgan fingerprint density at radius 2 is 0.892 bits per heavy atom. The molecule has 0 radical (unpaired) electrons. The molecule has 0 saturated heterocycles. The number of phosphoric ester groups is 1. The normalized spacial score (nSPS) is 22.0. The number of unbranched alkanes of at least 4 members (excludes halogenated alkanes) is 16. The first-order chi connectivity index (χ1) is 31.4. The van der Waals surface area contributed by atoms with Crippen molar-refractivity contribution in [3.63, 3.8) is 0 Å². The second kappa shape index (κ2) is 40.4. The number of hydrogen-bond acceptors (Lipinski definition) is 12. The quantitative estimate of drug-likeness (QED) is 0.0146. The molecule has 0 spiro atoms. The molecule has 6 unspecified atom stereocenters. The minimum atomic E-state index is -5.14. The molecule has 0 aromatic rings. The Morgan fingerprint density at radius 3 is 1.40 bits per heavy atom. The highest BCUT2D eigenvalue weighted by Crippen LogP contribution is 2.47. The van der Waals surface area contributed by atoms with Crippen molar-refractivity contribution in [1.29, 1.82) is 0 Å². The molecule has 1 aliphatic rings. The van der Waals surface area contributed by atoms with Crippen molar-refractivity contribution in [2.75, 3.05) is 13.2 Å². The van der Waals surface area contributed by atoms with Gasteiger partial charge in [-0.1, -0.05) is 164 Å². The molecule has 1 fully saturated rings. The number of aliphatic hydroxyl groups is 5. The third-order valence-corrected chi connectivity index (χ3v) is 12.0. The van der Waals surface area contributed by atoms with E-state index in [1.54, 1.807) is 0 Å². The number of carbonyl (C=O) groups is 2. The van der Waals surface area contributed by atoms with Crippen molar-refractivity contribution in [2.45, 2.75) is 224 Å². The Labute approximate surface area is 391 Å². The Kier molecular flexibility index (Phi) is 37.5. The SMILES string of the molecule is CC/C=C\C/C=C\C/C=C\C/C=C\C/C=C\CCCC(=O)OC(COC(=O)CCCCCCCCCCC/C=C\CCCCCCCC)COP(=O)(O)OC1C(O)C(O)C(O)C(O)C1O. The highest BCUT2D eigenvalue weighted by atomic mass is 31.2. The van der Waals surface area contributed by atoms with Crippen LogP contribution in [0.1, 0.15) is 181 Å². The highest BCUT2D eigenvalue weighted by molar-refractivity contribution is 7.47. The van der Waals surface area contributed by atoms with Gasteiger partial charge in [-0.15, -0.1) is 0 Å². The standard InChI is InChI=1S/C51H87O13P/c1-3-5-7-9-11-13-15-17-19-21-22-24-25-27-29-31-33-35-37-39-44(52)61-41-43(42-62-65(59,60)64-51-49(57)47(55)46(54)48(56)50(51)58)63-45(53)40-38-36-34-32-30-28-26-23-20-18-16-14-12-10-8-6-4-2/h6,8,12,14,17-20,26,28,32,34,43,46-51,54-58H,3-5,7,9-11,13,15-16,21-25,27,29-31,33,35-42H2,1-2H3,(H,59,60)/b8-6-,14-12-,19-17-,20-18-,28-26-,34-32-. The molecule has 0 bridgehead atoms. The Hall–Kier alpha value is -2.71. The minimum absolute atomic E-state index is 0.0152. The maximum absolute atomic E-state index is 12.8. The molecule has 14 heteroatoms. The topological polar surface area (TPSA) is 210 Å². The average molecular weight is 939 g/mol. The predicted octanol–water partition coefficient (Wildman–Crippen LogP) is 10.3. The van der Waals surface area contributed by atoms with E-state index in [0.717, 1.165) is 64.2 Å². The lowest BCUT2D eigenvalue weighted by Crippen LogP contribution is -2.64. The van der Waals surface area contributed by atoms with E-state index in [1.807, 2.05) is 12.2 Å². The third kappa shape index (κ3) is 32.6. The van der Waals surface area contributed by atoms with Crippen LogP contribution in [0.4, 0.5) is 0 Å². The Morgan fingerprint density at radius 1 is 0.492 bits per heavy atom. The fourth-order valence-corrected chi connectivity index (χ4v) is 8.05. The van der Waals surface area contributed by atoms with Gasteiger partial charge < -0.3 is 39.9 Å². The van der Waals surface area contributed by atoms with Crippen LogP contribution in [0.15, 0.2) is 72.9 Å². The molecular formula is C51H87O13P. The summed E-state index contributed by atoms with van der Waals surface area (Å²) in [5, 5.41) is 50.2. The summed E-state index contributed by atoms with van der Waals surface area (Å²) in [6.07, 6.45) is 38.1. The lowest BCUT2D eigenvalue weighted by molar-refractivity contribution is -0.220. The van der Waals surface area contributed by atoms with Gasteiger partial charge in [-0.25, -0.2) is 4.57 Å². The van der Waals surface area contributed by atoms with Crippen LogP contribution in [-0.2, 0) is 32.7 Å². The molecule has 1 aliphatic carbocycles. The smallest absolute Gasteiger partial charge is 0.462 e. The molecule has 13 nitrogen and oxygen atoms in total. The van der Waals surface area contributed by atoms with Crippen LogP contribution in [0.3, 0.4) is 0 Å². The van der Waals surface area contributed by atoms with E-state index in [0.29, 0.717) is 19.3 Å². The number of esters is 2. The summed E-state index contributed by atoms with van der Waals surface area (Å²) >= 11 is 0. The summed E-state index contributed by atoms with van der Waals surface area (Å²) in [5.74, 6) is -1.17. The van der Waals surface area contributed by atoms with Crippen molar-refractivity contribution in [1.82, 2.24) is 0 Å². The number of allylic oxidation sites excluding steroid dienone is 12. The van der Waals surface area contributed by atoms with Crippen LogP contribution in [0.5, 0.6) is 0 Å². The molecule has 0 aromatic heterocycles. The van der Waals surface area contributed by atoms with Gasteiger partial charge in [0.1, 0.15) is 43.2 Å². The van der Waals surface area contributed by atoms with E-state index < -0.39 is 75.7 Å². The third-order valence-electron chi connectivity index (χ3n) is 11.0. The molecule has 0 aliphatic heterocycles. The fraction of sp³-hybridized carbons (Fsp3) is 0.725. The number of carbonyl (C=O) groups excluding carboxylic acids is 2. The van der Waals surface area contributed by atoms with E-state index in [4.69, 9.17) is 18.5 Å².